The molecule has 1 saturated heterocycles. The summed E-state index contributed by atoms with van der Waals surface area (Å²) >= 11 is 6.80. The van der Waals surface area contributed by atoms with Crippen molar-refractivity contribution in [3.63, 3.8) is 0 Å². The average Bonchev–Trinajstić information content (AvgIpc) is 3.13. The molecule has 0 saturated carbocycles. The van der Waals surface area contributed by atoms with Crippen LogP contribution in [0.2, 0.25) is 5.02 Å². The predicted octanol–water partition coefficient (Wildman–Crippen LogP) is 6.13. The van der Waals surface area contributed by atoms with Gasteiger partial charge in [0.05, 0.1) is 22.2 Å². The molecule has 4 rings (SSSR count). The normalized spacial score (nSPS) is 14.2. The topological polar surface area (TPSA) is 84.9 Å². The molecule has 3 aromatic carbocycles. The molecule has 3 amide bonds. The summed E-state index contributed by atoms with van der Waals surface area (Å²) in [6.07, 6.45) is 1.56. The minimum atomic E-state index is -0.570. The van der Waals surface area contributed by atoms with Crippen molar-refractivity contribution in [3.8, 4) is 11.5 Å². The lowest BCUT2D eigenvalue weighted by Gasteiger charge is -2.13. The Labute approximate surface area is 222 Å². The van der Waals surface area contributed by atoms with Crippen LogP contribution >= 0.6 is 23.4 Å². The molecule has 37 heavy (non-hydrogen) atoms. The van der Waals surface area contributed by atoms with Gasteiger partial charge < -0.3 is 14.8 Å². The van der Waals surface area contributed by atoms with Gasteiger partial charge >= 0.3 is 0 Å². The van der Waals surface area contributed by atoms with Crippen molar-refractivity contribution < 1.29 is 28.2 Å². The van der Waals surface area contributed by atoms with E-state index >= 15 is 0 Å². The van der Waals surface area contributed by atoms with E-state index in [1.165, 1.54) is 12.1 Å². The largest absolute Gasteiger partial charge is 0.490 e. The first-order valence-electron chi connectivity index (χ1n) is 11.3. The fourth-order valence-corrected chi connectivity index (χ4v) is 4.45. The van der Waals surface area contributed by atoms with Gasteiger partial charge in [-0.3, -0.25) is 19.3 Å². The first-order valence-corrected chi connectivity index (χ1v) is 12.5. The number of nitrogens with zero attached hydrogens (tertiary/aromatic N) is 1. The van der Waals surface area contributed by atoms with Gasteiger partial charge in [0.25, 0.3) is 11.1 Å². The Morgan fingerprint density at radius 3 is 2.54 bits per heavy atom. The van der Waals surface area contributed by atoms with Gasteiger partial charge in [0, 0.05) is 0 Å². The van der Waals surface area contributed by atoms with Gasteiger partial charge in [0.1, 0.15) is 19.0 Å². The molecule has 190 valence electrons. The molecule has 1 aliphatic rings. The second-order valence-corrected chi connectivity index (χ2v) is 9.25. The number of amides is 3. The number of hydrogen-bond donors (Lipinski definition) is 1. The third-order valence-corrected chi connectivity index (χ3v) is 6.43. The van der Waals surface area contributed by atoms with Crippen LogP contribution in [0.25, 0.3) is 6.08 Å². The van der Waals surface area contributed by atoms with Gasteiger partial charge in [-0.1, -0.05) is 41.9 Å². The lowest BCUT2D eigenvalue weighted by atomic mass is 10.1. The Morgan fingerprint density at radius 2 is 1.81 bits per heavy atom. The van der Waals surface area contributed by atoms with Crippen molar-refractivity contribution in [3.05, 3.63) is 93.6 Å². The predicted molar refractivity (Wildman–Crippen MR) is 141 cm³/mol. The molecule has 0 spiro atoms. The van der Waals surface area contributed by atoms with E-state index in [0.29, 0.717) is 34.4 Å². The van der Waals surface area contributed by atoms with E-state index in [1.54, 1.807) is 60.7 Å². The van der Waals surface area contributed by atoms with E-state index in [0.717, 1.165) is 22.2 Å². The number of halogens is 2. The fourth-order valence-electron chi connectivity index (χ4n) is 3.43. The highest BCUT2D eigenvalue weighted by Gasteiger charge is 2.36. The minimum absolute atomic E-state index is 0.179. The smallest absolute Gasteiger partial charge is 0.294 e. The Kier molecular flexibility index (Phi) is 8.47. The molecule has 0 atom stereocenters. The third kappa shape index (κ3) is 6.69. The zero-order valence-corrected chi connectivity index (χ0v) is 21.3. The average molecular weight is 541 g/mol. The Morgan fingerprint density at radius 1 is 1.05 bits per heavy atom. The first-order chi connectivity index (χ1) is 17.8. The lowest BCUT2D eigenvalue weighted by molar-refractivity contribution is -0.127. The standard InChI is InChI=1S/C27H22ClFN2O5S/c1-2-35-23-13-18(9-12-22(23)36-16-17-7-10-19(29)11-8-17)14-24-26(33)31(27(34)37-24)15-25(32)30-21-6-4-3-5-20(21)28/h3-14H,2,15-16H2,1H3,(H,30,32)/b24-14+. The molecule has 0 aliphatic carbocycles. The number of ether oxygens (including phenoxy) is 2. The highest BCUT2D eigenvalue weighted by atomic mass is 35.5. The highest BCUT2D eigenvalue weighted by molar-refractivity contribution is 8.18. The summed E-state index contributed by atoms with van der Waals surface area (Å²) in [6.45, 7) is 1.99. The fraction of sp³-hybridized carbons (Fsp3) is 0.148. The molecular weight excluding hydrogens is 519 g/mol. The van der Waals surface area contributed by atoms with Crippen LogP contribution in [-0.2, 0) is 16.2 Å². The molecule has 3 aromatic rings. The number of thioether (sulfide) groups is 1. The van der Waals surface area contributed by atoms with Gasteiger partial charge in [-0.2, -0.15) is 0 Å². The maximum atomic E-state index is 13.1. The van der Waals surface area contributed by atoms with Gasteiger partial charge in [0.2, 0.25) is 5.91 Å². The highest BCUT2D eigenvalue weighted by Crippen LogP contribution is 2.35. The van der Waals surface area contributed by atoms with Crippen molar-refractivity contribution in [2.24, 2.45) is 0 Å². The summed E-state index contributed by atoms with van der Waals surface area (Å²) in [5, 5.41) is 2.40. The van der Waals surface area contributed by atoms with E-state index in [9.17, 15) is 18.8 Å². The van der Waals surface area contributed by atoms with Crippen LogP contribution in [0.5, 0.6) is 11.5 Å². The zero-order valence-electron chi connectivity index (χ0n) is 19.7. The second-order valence-electron chi connectivity index (χ2n) is 7.85. The molecule has 7 nitrogen and oxygen atoms in total. The lowest BCUT2D eigenvalue weighted by Crippen LogP contribution is -2.36. The van der Waals surface area contributed by atoms with Crippen molar-refractivity contribution in [2.75, 3.05) is 18.5 Å². The SMILES string of the molecule is CCOc1cc(/C=C2/SC(=O)N(CC(=O)Nc3ccccc3Cl)C2=O)ccc1OCc1ccc(F)cc1. The number of rotatable bonds is 9. The molecule has 0 aromatic heterocycles. The molecule has 1 N–H and O–H groups in total. The molecule has 1 aliphatic heterocycles. The van der Waals surface area contributed by atoms with E-state index in [4.69, 9.17) is 21.1 Å². The van der Waals surface area contributed by atoms with Gasteiger partial charge in [-0.25, -0.2) is 4.39 Å². The molecular formula is C27H22ClFN2O5S. The van der Waals surface area contributed by atoms with Crippen LogP contribution in [0, 0.1) is 5.82 Å². The molecule has 10 heteroatoms. The number of nitrogens with one attached hydrogen (secondary N) is 1. The van der Waals surface area contributed by atoms with Crippen LogP contribution in [0.4, 0.5) is 14.9 Å². The zero-order chi connectivity index (χ0) is 26.4. The molecule has 0 radical (unpaired) electrons. The quantitative estimate of drug-likeness (QED) is 0.329. The molecule has 0 bridgehead atoms. The van der Waals surface area contributed by atoms with Gasteiger partial charge in [0.15, 0.2) is 11.5 Å². The minimum Gasteiger partial charge on any atom is -0.490 e. The number of carbonyl (C=O) groups is 3. The maximum absolute atomic E-state index is 13.1. The van der Waals surface area contributed by atoms with E-state index in [1.807, 2.05) is 6.92 Å². The monoisotopic (exact) mass is 540 g/mol. The van der Waals surface area contributed by atoms with Crippen LogP contribution in [0.1, 0.15) is 18.1 Å². The molecule has 1 heterocycles. The van der Waals surface area contributed by atoms with Crippen LogP contribution < -0.4 is 14.8 Å². The Bertz CT molecular complexity index is 1360. The summed E-state index contributed by atoms with van der Waals surface area (Å²) in [4.78, 5) is 38.8. The third-order valence-electron chi connectivity index (χ3n) is 5.20. The number of carbonyl (C=O) groups excluding carboxylic acids is 3. The van der Waals surface area contributed by atoms with Crippen molar-refractivity contribution in [1.29, 1.82) is 0 Å². The van der Waals surface area contributed by atoms with E-state index < -0.39 is 23.6 Å². The summed E-state index contributed by atoms with van der Waals surface area (Å²) in [5.74, 6) is -0.505. The van der Waals surface area contributed by atoms with E-state index in [2.05, 4.69) is 5.32 Å². The summed E-state index contributed by atoms with van der Waals surface area (Å²) in [7, 11) is 0. The number of para-hydroxylation sites is 1. The van der Waals surface area contributed by atoms with Crippen molar-refractivity contribution in [1.82, 2.24) is 4.90 Å². The number of imide groups is 1. The van der Waals surface area contributed by atoms with Crippen molar-refractivity contribution in [2.45, 2.75) is 13.5 Å². The van der Waals surface area contributed by atoms with Crippen LogP contribution in [0.15, 0.2) is 71.6 Å². The Balaban J connectivity index is 1.45. The maximum Gasteiger partial charge on any atom is 0.294 e. The van der Waals surface area contributed by atoms with Crippen LogP contribution in [0.3, 0.4) is 0 Å². The number of anilines is 1. The Hall–Kier alpha value is -3.82. The summed E-state index contributed by atoms with van der Waals surface area (Å²) < 4.78 is 24.7. The second kappa shape index (κ2) is 11.9. The van der Waals surface area contributed by atoms with Gasteiger partial charge in [-0.15, -0.1) is 0 Å². The van der Waals surface area contributed by atoms with Crippen LogP contribution in [-0.4, -0.2) is 35.1 Å². The van der Waals surface area contributed by atoms with Crippen molar-refractivity contribution >= 4 is 52.2 Å². The number of hydrogen-bond acceptors (Lipinski definition) is 6. The van der Waals surface area contributed by atoms with E-state index in [-0.39, 0.29) is 17.3 Å². The molecule has 1 fully saturated rings. The summed E-state index contributed by atoms with van der Waals surface area (Å²) in [6, 6.07) is 17.8. The molecule has 0 unspecified atom stereocenters. The summed E-state index contributed by atoms with van der Waals surface area (Å²) in [5.41, 5.74) is 1.80. The van der Waals surface area contributed by atoms with Gasteiger partial charge in [-0.05, 0) is 72.3 Å². The number of benzene rings is 3. The first kappa shape index (κ1) is 26.2.